The monoisotopic (exact) mass is 506 g/mol. The summed E-state index contributed by atoms with van der Waals surface area (Å²) in [5, 5.41) is 6.17. The fourth-order valence-corrected chi connectivity index (χ4v) is 4.75. The van der Waals surface area contributed by atoms with Crippen molar-refractivity contribution in [3.63, 3.8) is 0 Å². The molecule has 4 aromatic carbocycles. The number of nitrogens with one attached hydrogen (secondary N) is 2. The Hall–Kier alpha value is -4.00. The molecule has 0 saturated carbocycles. The number of hydrogen-bond donors (Lipinski definition) is 2. The molecule has 5 rings (SSSR count). The number of rotatable bonds is 6. The fourth-order valence-electron chi connectivity index (χ4n) is 4.54. The second kappa shape index (κ2) is 11.8. The Balaban J connectivity index is 1.10. The Bertz CT molecular complexity index is 1320. The molecule has 0 atom stereocenters. The summed E-state index contributed by atoms with van der Waals surface area (Å²) in [6.07, 6.45) is 0. The number of carbonyl (C=O) groups excluding carboxylic acids is 1. The molecule has 0 bridgehead atoms. The zero-order valence-electron chi connectivity index (χ0n) is 20.6. The molecule has 5 nitrogen and oxygen atoms in total. The van der Waals surface area contributed by atoms with Gasteiger partial charge in [0.25, 0.3) is 5.91 Å². The maximum atomic E-state index is 12.6. The van der Waals surface area contributed by atoms with Crippen molar-refractivity contribution in [1.82, 2.24) is 10.2 Å². The van der Waals surface area contributed by atoms with Crippen molar-refractivity contribution in [2.45, 2.75) is 6.54 Å². The number of hydrogen-bond acceptors (Lipinski definition) is 4. The van der Waals surface area contributed by atoms with Crippen molar-refractivity contribution in [1.29, 1.82) is 0 Å². The van der Waals surface area contributed by atoms with Gasteiger partial charge in [0.1, 0.15) is 0 Å². The molecule has 0 radical (unpaired) electrons. The topological polar surface area (TPSA) is 47.6 Å². The minimum Gasteiger partial charge on any atom is -0.369 e. The number of benzene rings is 4. The first-order valence-corrected chi connectivity index (χ1v) is 12.9. The summed E-state index contributed by atoms with van der Waals surface area (Å²) in [5.74, 6) is -0.234. The third kappa shape index (κ3) is 6.61. The molecule has 37 heavy (non-hydrogen) atoms. The van der Waals surface area contributed by atoms with Crippen LogP contribution in [0, 0.1) is 0 Å². The van der Waals surface area contributed by atoms with E-state index in [9.17, 15) is 4.79 Å². The van der Waals surface area contributed by atoms with Crippen LogP contribution in [0.25, 0.3) is 11.1 Å². The third-order valence-electron chi connectivity index (χ3n) is 6.59. The molecule has 6 heteroatoms. The first kappa shape index (κ1) is 24.7. The standard InChI is InChI=1S/C31H30N4OS/c36-30(27-13-11-26(12-14-27)25-9-5-2-6-10-25)33-31(37)32-28-15-17-29(18-16-28)35-21-19-34(20-22-35)23-24-7-3-1-4-8-24/h1-18H,19-23H2,(H2,32,33,36,37). The molecule has 1 heterocycles. The lowest BCUT2D eigenvalue weighted by molar-refractivity contribution is 0.0977. The van der Waals surface area contributed by atoms with Gasteiger partial charge in [-0.1, -0.05) is 72.8 Å². The molecular formula is C31H30N4OS. The molecule has 2 N–H and O–H groups in total. The molecule has 0 spiro atoms. The first-order valence-electron chi connectivity index (χ1n) is 12.5. The third-order valence-corrected chi connectivity index (χ3v) is 6.80. The van der Waals surface area contributed by atoms with Crippen LogP contribution >= 0.6 is 12.2 Å². The summed E-state index contributed by atoms with van der Waals surface area (Å²) in [6, 6.07) is 36.4. The van der Waals surface area contributed by atoms with E-state index in [0.717, 1.165) is 49.5 Å². The molecule has 1 fully saturated rings. The summed E-state index contributed by atoms with van der Waals surface area (Å²) >= 11 is 5.38. The van der Waals surface area contributed by atoms with Gasteiger partial charge >= 0.3 is 0 Å². The maximum absolute atomic E-state index is 12.6. The molecule has 0 aromatic heterocycles. The Morgan fingerprint density at radius 3 is 1.95 bits per heavy atom. The lowest BCUT2D eigenvalue weighted by Crippen LogP contribution is -2.45. The van der Waals surface area contributed by atoms with Crippen molar-refractivity contribution in [3.05, 3.63) is 120 Å². The molecule has 1 aliphatic heterocycles. The van der Waals surface area contributed by atoms with Crippen molar-refractivity contribution in [2.75, 3.05) is 36.4 Å². The van der Waals surface area contributed by atoms with Crippen molar-refractivity contribution < 1.29 is 4.79 Å². The van der Waals surface area contributed by atoms with Crippen molar-refractivity contribution in [3.8, 4) is 11.1 Å². The van der Waals surface area contributed by atoms with E-state index in [-0.39, 0.29) is 11.0 Å². The van der Waals surface area contributed by atoms with Gasteiger partial charge in [-0.3, -0.25) is 15.0 Å². The van der Waals surface area contributed by atoms with Gasteiger partial charge in [0.15, 0.2) is 5.11 Å². The smallest absolute Gasteiger partial charge is 0.257 e. The predicted octanol–water partition coefficient (Wildman–Crippen LogP) is 5.80. The van der Waals surface area contributed by atoms with E-state index in [1.807, 2.05) is 66.7 Å². The van der Waals surface area contributed by atoms with E-state index in [1.54, 1.807) is 0 Å². The number of amides is 1. The minimum atomic E-state index is -0.234. The largest absolute Gasteiger partial charge is 0.369 e. The minimum absolute atomic E-state index is 0.234. The summed E-state index contributed by atoms with van der Waals surface area (Å²) in [4.78, 5) is 17.6. The lowest BCUT2D eigenvalue weighted by Gasteiger charge is -2.36. The summed E-state index contributed by atoms with van der Waals surface area (Å²) < 4.78 is 0. The Labute approximate surface area is 223 Å². The average molecular weight is 507 g/mol. The van der Waals surface area contributed by atoms with Crippen LogP contribution in [0.1, 0.15) is 15.9 Å². The van der Waals surface area contributed by atoms with Gasteiger partial charge in [-0.25, -0.2) is 0 Å². The fraction of sp³-hybridized carbons (Fsp3) is 0.161. The zero-order chi connectivity index (χ0) is 25.5. The summed E-state index contributed by atoms with van der Waals surface area (Å²) in [5.41, 5.74) is 6.14. The molecule has 1 saturated heterocycles. The van der Waals surface area contributed by atoms with E-state index < -0.39 is 0 Å². The maximum Gasteiger partial charge on any atom is 0.257 e. The highest BCUT2D eigenvalue weighted by atomic mass is 32.1. The van der Waals surface area contributed by atoms with Gasteiger partial charge in [0.05, 0.1) is 0 Å². The van der Waals surface area contributed by atoms with Gasteiger partial charge in [0, 0.05) is 49.7 Å². The number of piperazine rings is 1. The number of nitrogens with zero attached hydrogens (tertiary/aromatic N) is 2. The molecule has 186 valence electrons. The van der Waals surface area contributed by atoms with Crippen LogP contribution in [0.5, 0.6) is 0 Å². The molecule has 4 aromatic rings. The van der Waals surface area contributed by atoms with E-state index in [1.165, 1.54) is 11.3 Å². The second-order valence-corrected chi connectivity index (χ2v) is 9.56. The lowest BCUT2D eigenvalue weighted by atomic mass is 10.0. The van der Waals surface area contributed by atoms with Crippen molar-refractivity contribution >= 4 is 34.6 Å². The van der Waals surface area contributed by atoms with E-state index in [0.29, 0.717) is 5.56 Å². The Morgan fingerprint density at radius 2 is 1.30 bits per heavy atom. The molecule has 1 aliphatic rings. The van der Waals surface area contributed by atoms with Crippen molar-refractivity contribution in [2.24, 2.45) is 0 Å². The van der Waals surface area contributed by atoms with Crippen LogP contribution in [0.3, 0.4) is 0 Å². The van der Waals surface area contributed by atoms with Gasteiger partial charge in [0.2, 0.25) is 0 Å². The van der Waals surface area contributed by atoms with Gasteiger partial charge in [-0.2, -0.15) is 0 Å². The molecular weight excluding hydrogens is 476 g/mol. The number of carbonyl (C=O) groups is 1. The highest BCUT2D eigenvalue weighted by Gasteiger charge is 2.17. The van der Waals surface area contributed by atoms with Crippen LogP contribution in [0.4, 0.5) is 11.4 Å². The number of anilines is 2. The highest BCUT2D eigenvalue weighted by molar-refractivity contribution is 7.80. The van der Waals surface area contributed by atoms with Gasteiger partial charge in [-0.15, -0.1) is 0 Å². The number of thiocarbonyl (C=S) groups is 1. The summed E-state index contributed by atoms with van der Waals surface area (Å²) in [6.45, 7) is 5.07. The molecule has 0 aliphatic carbocycles. The Kier molecular flexibility index (Phi) is 7.89. The van der Waals surface area contributed by atoms with Crippen LogP contribution in [-0.2, 0) is 6.54 Å². The van der Waals surface area contributed by atoms with Crippen LogP contribution in [0.2, 0.25) is 0 Å². The van der Waals surface area contributed by atoms with Gasteiger partial charge in [-0.05, 0) is 65.3 Å². The summed E-state index contributed by atoms with van der Waals surface area (Å²) in [7, 11) is 0. The normalized spacial score (nSPS) is 13.7. The highest BCUT2D eigenvalue weighted by Crippen LogP contribution is 2.21. The SMILES string of the molecule is O=C(NC(=S)Nc1ccc(N2CCN(Cc3ccccc3)CC2)cc1)c1ccc(-c2ccccc2)cc1. The van der Waals surface area contributed by atoms with E-state index in [4.69, 9.17) is 12.2 Å². The van der Waals surface area contributed by atoms with Crippen LogP contribution in [-0.4, -0.2) is 42.1 Å². The average Bonchev–Trinajstić information content (AvgIpc) is 2.95. The van der Waals surface area contributed by atoms with Gasteiger partial charge < -0.3 is 10.2 Å². The zero-order valence-corrected chi connectivity index (χ0v) is 21.5. The quantitative estimate of drug-likeness (QED) is 0.324. The Morgan fingerprint density at radius 1 is 0.703 bits per heavy atom. The first-order chi connectivity index (χ1) is 18.1. The van der Waals surface area contributed by atoms with E-state index >= 15 is 0 Å². The second-order valence-electron chi connectivity index (χ2n) is 9.15. The predicted molar refractivity (Wildman–Crippen MR) is 156 cm³/mol. The van der Waals surface area contributed by atoms with E-state index in [2.05, 4.69) is 62.9 Å². The molecule has 0 unspecified atom stereocenters. The molecule has 1 amide bonds. The van der Waals surface area contributed by atoms with Crippen LogP contribution < -0.4 is 15.5 Å². The van der Waals surface area contributed by atoms with Crippen LogP contribution in [0.15, 0.2) is 109 Å².